The molecule has 16 rings (SSSR count). The van der Waals surface area contributed by atoms with Crippen LogP contribution in [0.5, 0.6) is 0 Å². The molecule has 0 aliphatic rings. The van der Waals surface area contributed by atoms with E-state index in [1.54, 1.807) is 0 Å². The maximum atomic E-state index is 12.8. The Balaban J connectivity index is 1.12. The Labute approximate surface area is 578 Å². The highest BCUT2D eigenvalue weighted by Gasteiger charge is 2.34. The van der Waals surface area contributed by atoms with Crippen molar-refractivity contribution < 1.29 is 0 Å². The highest BCUT2D eigenvalue weighted by Crippen LogP contribution is 2.49. The molecule has 0 saturated heterocycles. The van der Waals surface area contributed by atoms with Gasteiger partial charge < -0.3 is 13.7 Å². The Hall–Kier alpha value is -12.3. The van der Waals surface area contributed by atoms with Gasteiger partial charge in [0, 0.05) is 32.3 Å². The van der Waals surface area contributed by atoms with Crippen LogP contribution in [0.2, 0.25) is 0 Å². The van der Waals surface area contributed by atoms with Gasteiger partial charge >= 0.3 is 0 Å². The van der Waals surface area contributed by atoms with Crippen molar-refractivity contribution >= 4 is 65.4 Å². The zero-order valence-electron chi connectivity index (χ0n) is 58.0. The fourth-order valence-electron chi connectivity index (χ4n) is 17.0. The summed E-state index contributed by atoms with van der Waals surface area (Å²) in [5, 5.41) is 44.1. The van der Waals surface area contributed by atoms with E-state index in [9.17, 15) is 15.8 Å². The van der Waals surface area contributed by atoms with Crippen LogP contribution < -0.4 is 0 Å². The molecule has 474 valence electrons. The van der Waals surface area contributed by atoms with Crippen LogP contribution >= 0.6 is 0 Å². The Morgan fingerprint density at radius 1 is 0.202 bits per heavy atom. The molecule has 6 nitrogen and oxygen atoms in total. The fourth-order valence-corrected chi connectivity index (χ4v) is 17.0. The van der Waals surface area contributed by atoms with E-state index in [1.807, 2.05) is 0 Å². The Morgan fingerprint density at radius 2 is 0.343 bits per heavy atom. The van der Waals surface area contributed by atoms with Gasteiger partial charge in [-0.05, 0) is 289 Å². The van der Waals surface area contributed by atoms with Crippen LogP contribution in [0.15, 0.2) is 218 Å². The predicted octanol–water partition coefficient (Wildman–Crippen LogP) is 24.3. The molecule has 0 N–H and O–H groups in total. The van der Waals surface area contributed by atoms with Crippen molar-refractivity contribution in [2.24, 2.45) is 0 Å². The molecular formula is C93H72N6. The Kier molecular flexibility index (Phi) is 14.6. The zero-order valence-corrected chi connectivity index (χ0v) is 58.0. The first-order valence-electron chi connectivity index (χ1n) is 34.1. The largest absolute Gasteiger partial charge is 0.306 e. The van der Waals surface area contributed by atoms with Crippen LogP contribution in [-0.4, -0.2) is 13.7 Å². The minimum absolute atomic E-state index is 0.190. The molecule has 0 amide bonds. The normalized spacial score (nSPS) is 11.6. The van der Waals surface area contributed by atoms with Crippen LogP contribution in [0.4, 0.5) is 0 Å². The summed E-state index contributed by atoms with van der Waals surface area (Å²) >= 11 is 0. The second-order valence-electron chi connectivity index (χ2n) is 27.5. The fraction of sp³-hybridized carbons (Fsp3) is 0.129. The van der Waals surface area contributed by atoms with Gasteiger partial charge in [-0.3, -0.25) is 0 Å². The van der Waals surface area contributed by atoms with E-state index in [1.165, 1.54) is 0 Å². The molecule has 0 radical (unpaired) electrons. The third-order valence-corrected chi connectivity index (χ3v) is 21.3. The molecule has 3 aromatic heterocycles. The molecule has 0 spiro atoms. The van der Waals surface area contributed by atoms with Crippen molar-refractivity contribution in [3.05, 3.63) is 302 Å². The third kappa shape index (κ3) is 9.48. The van der Waals surface area contributed by atoms with E-state index in [0.717, 1.165) is 199 Å². The van der Waals surface area contributed by atoms with Gasteiger partial charge in [-0.15, -0.1) is 0 Å². The third-order valence-electron chi connectivity index (χ3n) is 21.3. The first-order valence-corrected chi connectivity index (χ1v) is 34.1. The van der Waals surface area contributed by atoms with E-state index < -0.39 is 0 Å². The van der Waals surface area contributed by atoms with E-state index in [0.29, 0.717) is 17.1 Å². The lowest BCUT2D eigenvalue weighted by molar-refractivity contribution is 1.06. The molecule has 0 aliphatic heterocycles. The molecule has 0 bridgehead atoms. The molecule has 0 fully saturated rings. The number of rotatable bonds is 9. The molecule has 0 unspecified atom stereocenters. The standard InChI is InChI=1S/C93H72N6/c1-52-19-13-20-53(2)85(52)64-31-37-79-70(43-64)71-44-65(86-54(3)21-14-22-55(86)4)32-38-80(71)97(79)91-76(49-94)92(98-81-39-33-66(87-56(5)23-15-24-57(87)6)45-72(81)73-46-67(34-40-82(73)98)88-58(7)25-16-26-59(88)8)78(51-96)93(77(91)50-95)99-83-41-35-68(89-60(9)27-17-28-61(89)10)47-74(83)75-48-69(36-42-84(75)99)90-62(11)29-18-30-63(90)12/h13-48H,1-12H3. The van der Waals surface area contributed by atoms with E-state index in [4.69, 9.17) is 0 Å². The monoisotopic (exact) mass is 1270 g/mol. The summed E-state index contributed by atoms with van der Waals surface area (Å²) in [6.07, 6.45) is 0. The summed E-state index contributed by atoms with van der Waals surface area (Å²) in [6, 6.07) is 87.1. The highest BCUT2D eigenvalue weighted by molar-refractivity contribution is 6.16. The average Bonchev–Trinajstić information content (AvgIpc) is 1.60. The minimum atomic E-state index is 0.190. The van der Waals surface area contributed by atoms with Crippen molar-refractivity contribution in [3.63, 3.8) is 0 Å². The zero-order chi connectivity index (χ0) is 68.6. The number of aryl methyl sites for hydroxylation is 12. The number of nitriles is 3. The SMILES string of the molecule is Cc1cccc(C)c1-c1ccc2c(c1)c1cc(-c3c(C)cccc3C)ccc1n2-c1c(C#N)c(-n2c3ccc(-c4c(C)cccc4C)cc3c3cc(-c4c(C)cccc4C)ccc32)c(C#N)c(-n2c3ccc(-c4c(C)cccc4C)cc3c3cc(-c4c(C)cccc4C)ccc32)c1C#N. The highest BCUT2D eigenvalue weighted by atomic mass is 15.1. The van der Waals surface area contributed by atoms with Gasteiger partial charge in [-0.25, -0.2) is 0 Å². The van der Waals surface area contributed by atoms with Crippen molar-refractivity contribution in [2.75, 3.05) is 0 Å². The number of benzene rings is 13. The molecule has 16 aromatic rings. The van der Waals surface area contributed by atoms with E-state index >= 15 is 0 Å². The predicted molar refractivity (Wildman–Crippen MR) is 413 cm³/mol. The van der Waals surface area contributed by atoms with Crippen molar-refractivity contribution in [1.82, 2.24) is 13.7 Å². The molecule has 13 aromatic carbocycles. The smallest absolute Gasteiger partial charge is 0.104 e. The van der Waals surface area contributed by atoms with Crippen LogP contribution in [0, 0.1) is 117 Å². The number of nitrogens with zero attached hydrogens (tertiary/aromatic N) is 6. The van der Waals surface area contributed by atoms with Crippen LogP contribution in [-0.2, 0) is 0 Å². The molecule has 0 saturated carbocycles. The molecule has 6 heteroatoms. The molecule has 99 heavy (non-hydrogen) atoms. The molecule has 0 aliphatic carbocycles. The summed E-state index contributed by atoms with van der Waals surface area (Å²) in [5.41, 5.74) is 33.9. The van der Waals surface area contributed by atoms with E-state index in [-0.39, 0.29) is 16.7 Å². The number of fused-ring (bicyclic) bond motifs is 9. The lowest BCUT2D eigenvalue weighted by Gasteiger charge is -2.23. The second-order valence-corrected chi connectivity index (χ2v) is 27.5. The molecule has 0 atom stereocenters. The second kappa shape index (κ2) is 23.5. The minimum Gasteiger partial charge on any atom is -0.306 e. The topological polar surface area (TPSA) is 86.2 Å². The Morgan fingerprint density at radius 3 is 0.475 bits per heavy atom. The lowest BCUT2D eigenvalue weighted by atomic mass is 9.93. The quantitative estimate of drug-likeness (QED) is 0.144. The summed E-state index contributed by atoms with van der Waals surface area (Å²) in [5.74, 6) is 0. The number of hydrogen-bond donors (Lipinski definition) is 0. The van der Waals surface area contributed by atoms with Crippen LogP contribution in [0.1, 0.15) is 83.5 Å². The van der Waals surface area contributed by atoms with Gasteiger partial charge in [0.15, 0.2) is 0 Å². The number of aromatic nitrogens is 3. The van der Waals surface area contributed by atoms with Gasteiger partial charge in [0.25, 0.3) is 0 Å². The number of hydrogen-bond acceptors (Lipinski definition) is 3. The van der Waals surface area contributed by atoms with Gasteiger partial charge in [0.2, 0.25) is 0 Å². The van der Waals surface area contributed by atoms with Gasteiger partial charge in [0.05, 0.1) is 50.2 Å². The lowest BCUT2D eigenvalue weighted by Crippen LogP contribution is -2.14. The Bertz CT molecular complexity index is 5270. The van der Waals surface area contributed by atoms with Crippen LogP contribution in [0.25, 0.3) is 149 Å². The van der Waals surface area contributed by atoms with Crippen molar-refractivity contribution in [3.8, 4) is 102 Å². The van der Waals surface area contributed by atoms with Gasteiger partial charge in [-0.2, -0.15) is 15.8 Å². The molecular weight excluding hydrogens is 1200 g/mol. The van der Waals surface area contributed by atoms with E-state index in [2.05, 4.69) is 333 Å². The summed E-state index contributed by atoms with van der Waals surface area (Å²) in [7, 11) is 0. The first-order chi connectivity index (χ1) is 48.0. The summed E-state index contributed by atoms with van der Waals surface area (Å²) < 4.78 is 6.49. The average molecular weight is 1270 g/mol. The van der Waals surface area contributed by atoms with Crippen LogP contribution in [0.3, 0.4) is 0 Å². The summed E-state index contributed by atoms with van der Waals surface area (Å²) in [4.78, 5) is 0. The van der Waals surface area contributed by atoms with Gasteiger partial charge in [-0.1, -0.05) is 146 Å². The maximum Gasteiger partial charge on any atom is 0.104 e. The summed E-state index contributed by atoms with van der Waals surface area (Å²) in [6.45, 7) is 26.0. The van der Waals surface area contributed by atoms with Gasteiger partial charge in [0.1, 0.15) is 34.9 Å². The van der Waals surface area contributed by atoms with Crippen molar-refractivity contribution in [2.45, 2.75) is 83.1 Å². The molecule has 3 heterocycles. The maximum absolute atomic E-state index is 12.8. The van der Waals surface area contributed by atoms with Crippen molar-refractivity contribution in [1.29, 1.82) is 15.8 Å². The first kappa shape index (κ1) is 61.6.